The molecule has 5 rings (SSSR count). The van der Waals surface area contributed by atoms with Gasteiger partial charge in [0, 0.05) is 35.5 Å². The molecule has 0 N–H and O–H groups in total. The highest BCUT2D eigenvalue weighted by Crippen LogP contribution is 2.36. The minimum absolute atomic E-state index is 0.00106. The summed E-state index contributed by atoms with van der Waals surface area (Å²) in [6, 6.07) is 15.8. The summed E-state index contributed by atoms with van der Waals surface area (Å²) in [6.45, 7) is 0. The van der Waals surface area contributed by atoms with Crippen LogP contribution < -0.4 is 0 Å². The molecular weight excluding hydrogens is 493 g/mol. The van der Waals surface area contributed by atoms with Gasteiger partial charge < -0.3 is 9.09 Å². The maximum atomic E-state index is 14.2. The van der Waals surface area contributed by atoms with E-state index in [-0.39, 0.29) is 39.8 Å². The standard InChI is InChI=1S/C26H14F5N5O/c1-36-13-22(26(29,30)31)33-24(36)15-7-5-14(6-8-15)23-34-25(37-35-23)18-10-9-16(27)11-19(18)17-3-2-4-21(28)20(17)12-32/h2-11,13H,1H3. The molecule has 2 heterocycles. The molecule has 37 heavy (non-hydrogen) atoms. The maximum Gasteiger partial charge on any atom is 0.434 e. The number of imidazole rings is 1. The van der Waals surface area contributed by atoms with Gasteiger partial charge in [0.2, 0.25) is 5.82 Å². The molecule has 0 amide bonds. The van der Waals surface area contributed by atoms with Crippen molar-refractivity contribution in [2.45, 2.75) is 6.18 Å². The van der Waals surface area contributed by atoms with Crippen LogP contribution in [0.15, 0.2) is 71.4 Å². The highest BCUT2D eigenvalue weighted by Gasteiger charge is 2.34. The lowest BCUT2D eigenvalue weighted by molar-refractivity contribution is -0.140. The van der Waals surface area contributed by atoms with Gasteiger partial charge in [0.15, 0.2) is 5.69 Å². The van der Waals surface area contributed by atoms with E-state index in [9.17, 15) is 27.2 Å². The lowest BCUT2D eigenvalue weighted by Crippen LogP contribution is -2.04. The molecular formula is C26H14F5N5O. The Morgan fingerprint density at radius 2 is 1.62 bits per heavy atom. The van der Waals surface area contributed by atoms with Crippen LogP contribution in [0.5, 0.6) is 0 Å². The Kier molecular flexibility index (Phi) is 5.79. The summed E-state index contributed by atoms with van der Waals surface area (Å²) in [5.74, 6) is -1.07. The zero-order valence-corrected chi connectivity index (χ0v) is 18.9. The maximum absolute atomic E-state index is 14.2. The predicted molar refractivity (Wildman–Crippen MR) is 122 cm³/mol. The number of benzene rings is 3. The van der Waals surface area contributed by atoms with Crippen LogP contribution >= 0.6 is 0 Å². The zero-order valence-electron chi connectivity index (χ0n) is 18.9. The number of rotatable bonds is 4. The molecule has 6 nitrogen and oxygen atoms in total. The Balaban J connectivity index is 1.50. The summed E-state index contributed by atoms with van der Waals surface area (Å²) in [7, 11) is 1.47. The van der Waals surface area contributed by atoms with Crippen molar-refractivity contribution >= 4 is 0 Å². The number of hydrogen-bond donors (Lipinski definition) is 0. The van der Waals surface area contributed by atoms with Gasteiger partial charge in [-0.2, -0.15) is 23.4 Å². The number of halogens is 5. The van der Waals surface area contributed by atoms with Crippen molar-refractivity contribution in [1.29, 1.82) is 5.26 Å². The SMILES string of the molecule is Cn1cc(C(F)(F)F)nc1-c1ccc(-c2noc(-c3ccc(F)cc3-c3cccc(F)c3C#N)n2)cc1. The number of aromatic nitrogens is 4. The highest BCUT2D eigenvalue weighted by molar-refractivity contribution is 5.83. The molecule has 3 aromatic carbocycles. The van der Waals surface area contributed by atoms with Crippen LogP contribution in [-0.2, 0) is 13.2 Å². The highest BCUT2D eigenvalue weighted by atomic mass is 19.4. The molecule has 5 aromatic rings. The lowest BCUT2D eigenvalue weighted by Gasteiger charge is -2.09. The number of aryl methyl sites for hydroxylation is 1. The fraction of sp³-hybridized carbons (Fsp3) is 0.0769. The minimum Gasteiger partial charge on any atom is -0.334 e. The van der Waals surface area contributed by atoms with Crippen molar-refractivity contribution in [2.75, 3.05) is 0 Å². The molecule has 2 aromatic heterocycles. The van der Waals surface area contributed by atoms with Crippen molar-refractivity contribution in [2.24, 2.45) is 7.05 Å². The monoisotopic (exact) mass is 507 g/mol. The summed E-state index contributed by atoms with van der Waals surface area (Å²) in [4.78, 5) is 8.03. The predicted octanol–water partition coefficient (Wildman–Crippen LogP) is 6.64. The third kappa shape index (κ3) is 4.45. The van der Waals surface area contributed by atoms with Gasteiger partial charge in [0.1, 0.15) is 23.5 Å². The summed E-state index contributed by atoms with van der Waals surface area (Å²) in [5.41, 5.74) is 0.327. The number of nitriles is 1. The molecule has 0 radical (unpaired) electrons. The van der Waals surface area contributed by atoms with E-state index in [4.69, 9.17) is 4.52 Å². The smallest absolute Gasteiger partial charge is 0.334 e. The first-order chi connectivity index (χ1) is 17.7. The molecule has 0 aliphatic rings. The normalized spacial score (nSPS) is 11.5. The summed E-state index contributed by atoms with van der Waals surface area (Å²) in [6.07, 6.45) is -3.65. The van der Waals surface area contributed by atoms with Crippen LogP contribution in [0.25, 0.3) is 45.4 Å². The second-order valence-electron chi connectivity index (χ2n) is 8.02. The molecule has 0 saturated carbocycles. The summed E-state index contributed by atoms with van der Waals surface area (Å²) >= 11 is 0. The first-order valence-electron chi connectivity index (χ1n) is 10.7. The van der Waals surface area contributed by atoms with Crippen molar-refractivity contribution in [3.05, 3.63) is 89.8 Å². The van der Waals surface area contributed by atoms with E-state index in [0.29, 0.717) is 11.1 Å². The van der Waals surface area contributed by atoms with Gasteiger partial charge >= 0.3 is 6.18 Å². The Morgan fingerprint density at radius 3 is 2.30 bits per heavy atom. The molecule has 11 heteroatoms. The average Bonchev–Trinajstić information content (AvgIpc) is 3.51. The first kappa shape index (κ1) is 23.9. The van der Waals surface area contributed by atoms with Crippen LogP contribution in [0.3, 0.4) is 0 Å². The van der Waals surface area contributed by atoms with E-state index in [0.717, 1.165) is 18.3 Å². The Morgan fingerprint density at radius 1 is 0.892 bits per heavy atom. The Labute approximate surface area is 206 Å². The third-order valence-corrected chi connectivity index (χ3v) is 5.62. The van der Waals surface area contributed by atoms with Crippen molar-refractivity contribution in [1.82, 2.24) is 19.7 Å². The van der Waals surface area contributed by atoms with Gasteiger partial charge in [-0.3, -0.25) is 0 Å². The fourth-order valence-electron chi connectivity index (χ4n) is 3.88. The van der Waals surface area contributed by atoms with E-state index in [2.05, 4.69) is 15.1 Å². The topological polar surface area (TPSA) is 80.5 Å². The number of alkyl halides is 3. The van der Waals surface area contributed by atoms with Gasteiger partial charge in [0.05, 0.1) is 5.56 Å². The van der Waals surface area contributed by atoms with Gasteiger partial charge in [-0.25, -0.2) is 13.8 Å². The molecule has 0 bridgehead atoms. The van der Waals surface area contributed by atoms with Crippen LogP contribution in [0.1, 0.15) is 11.3 Å². The molecule has 0 saturated heterocycles. The summed E-state index contributed by atoms with van der Waals surface area (Å²) < 4.78 is 73.9. The molecule has 184 valence electrons. The summed E-state index contributed by atoms with van der Waals surface area (Å²) in [5, 5.41) is 13.4. The van der Waals surface area contributed by atoms with Crippen molar-refractivity contribution in [3.8, 4) is 51.4 Å². The van der Waals surface area contributed by atoms with Crippen LogP contribution in [0.4, 0.5) is 22.0 Å². The molecule has 0 unspecified atom stereocenters. The lowest BCUT2D eigenvalue weighted by atomic mass is 9.95. The third-order valence-electron chi connectivity index (χ3n) is 5.62. The van der Waals surface area contributed by atoms with E-state index < -0.39 is 23.5 Å². The molecule has 0 spiro atoms. The molecule has 0 fully saturated rings. The molecule has 0 aliphatic heterocycles. The fourth-order valence-corrected chi connectivity index (χ4v) is 3.88. The average molecular weight is 507 g/mol. The number of hydrogen-bond acceptors (Lipinski definition) is 5. The zero-order chi connectivity index (χ0) is 26.3. The van der Waals surface area contributed by atoms with Crippen LogP contribution in [-0.4, -0.2) is 19.7 Å². The molecule has 0 aliphatic carbocycles. The Bertz CT molecular complexity index is 1660. The molecule has 0 atom stereocenters. The van der Waals surface area contributed by atoms with Crippen molar-refractivity contribution < 1.29 is 26.5 Å². The van der Waals surface area contributed by atoms with E-state index in [1.807, 2.05) is 0 Å². The second-order valence-corrected chi connectivity index (χ2v) is 8.02. The van der Waals surface area contributed by atoms with Crippen molar-refractivity contribution in [3.63, 3.8) is 0 Å². The van der Waals surface area contributed by atoms with Gasteiger partial charge in [-0.15, -0.1) is 0 Å². The first-order valence-corrected chi connectivity index (χ1v) is 10.7. The van der Waals surface area contributed by atoms with Gasteiger partial charge in [0.25, 0.3) is 5.89 Å². The largest absolute Gasteiger partial charge is 0.434 e. The van der Waals surface area contributed by atoms with E-state index in [1.165, 1.54) is 35.9 Å². The van der Waals surface area contributed by atoms with Gasteiger partial charge in [-0.05, 0) is 29.8 Å². The minimum atomic E-state index is -4.56. The van der Waals surface area contributed by atoms with Crippen LogP contribution in [0, 0.1) is 23.0 Å². The number of nitrogens with zero attached hydrogens (tertiary/aromatic N) is 5. The quantitative estimate of drug-likeness (QED) is 0.255. The van der Waals surface area contributed by atoms with Crippen LogP contribution in [0.2, 0.25) is 0 Å². The second kappa shape index (κ2) is 8.98. The van der Waals surface area contributed by atoms with Gasteiger partial charge in [-0.1, -0.05) is 41.6 Å². The Hall–Kier alpha value is -4.85. The van der Waals surface area contributed by atoms with E-state index >= 15 is 0 Å². The van der Waals surface area contributed by atoms with E-state index in [1.54, 1.807) is 30.3 Å².